The molecular weight excluding hydrogens is 463 g/mol. The molecule has 1 unspecified atom stereocenters. The second kappa shape index (κ2) is 10.3. The third kappa shape index (κ3) is 6.51. The Morgan fingerprint density at radius 2 is 2.00 bits per heavy atom. The van der Waals surface area contributed by atoms with Crippen molar-refractivity contribution in [3.63, 3.8) is 0 Å². The summed E-state index contributed by atoms with van der Waals surface area (Å²) in [6, 6.07) is 10.0. The number of nitrogens with one attached hydrogen (secondary N) is 2. The first kappa shape index (κ1) is 22.9. The number of hydrogen-bond acceptors (Lipinski definition) is 5. The van der Waals surface area contributed by atoms with Crippen LogP contribution in [0.5, 0.6) is 0 Å². The zero-order valence-electron chi connectivity index (χ0n) is 15.6. The predicted molar refractivity (Wildman–Crippen MR) is 114 cm³/mol. The minimum Gasteiger partial charge on any atom is -0.463 e. The summed E-state index contributed by atoms with van der Waals surface area (Å²) in [5.41, 5.74) is -0.670. The van der Waals surface area contributed by atoms with Gasteiger partial charge in [-0.05, 0) is 32.9 Å². The van der Waals surface area contributed by atoms with E-state index in [1.54, 1.807) is 37.3 Å². The maximum absolute atomic E-state index is 11.1. The van der Waals surface area contributed by atoms with Crippen LogP contribution >= 0.6 is 24.0 Å². The molecule has 148 valence electrons. The van der Waals surface area contributed by atoms with Gasteiger partial charge in [0, 0.05) is 12.6 Å². The zero-order valence-corrected chi connectivity index (χ0v) is 17.9. The summed E-state index contributed by atoms with van der Waals surface area (Å²) < 4.78 is 5.49. The average Bonchev–Trinajstić information content (AvgIpc) is 3.05. The second-order valence-electron chi connectivity index (χ2n) is 6.12. The largest absolute Gasteiger partial charge is 0.463 e. The molecule has 3 N–H and O–H groups in total. The van der Waals surface area contributed by atoms with Gasteiger partial charge >= 0.3 is 0 Å². The molecule has 0 amide bonds. The molecule has 2 aromatic rings. The van der Waals surface area contributed by atoms with Gasteiger partial charge in [0.15, 0.2) is 5.96 Å². The zero-order chi connectivity index (χ0) is 19.2. The van der Waals surface area contributed by atoms with Gasteiger partial charge in [-0.25, -0.2) is 4.99 Å². The van der Waals surface area contributed by atoms with Crippen molar-refractivity contribution in [2.75, 3.05) is 13.1 Å². The lowest BCUT2D eigenvalue weighted by molar-refractivity contribution is -0.385. The number of halogens is 1. The van der Waals surface area contributed by atoms with E-state index in [9.17, 15) is 15.2 Å². The molecule has 27 heavy (non-hydrogen) atoms. The number of para-hydroxylation sites is 1. The topological polar surface area (TPSA) is 113 Å². The highest BCUT2D eigenvalue weighted by atomic mass is 127. The summed E-state index contributed by atoms with van der Waals surface area (Å²) in [6.45, 7) is 6.30. The molecule has 1 heterocycles. The quantitative estimate of drug-likeness (QED) is 0.182. The minimum atomic E-state index is -1.22. The Hall–Kier alpha value is -2.14. The first-order chi connectivity index (χ1) is 12.3. The number of aliphatic imine (C=N–C) groups is 1. The molecule has 2 rings (SSSR count). The fraction of sp³-hybridized carbons (Fsp3) is 0.389. The van der Waals surface area contributed by atoms with E-state index in [4.69, 9.17) is 4.42 Å². The highest BCUT2D eigenvalue weighted by Crippen LogP contribution is 2.22. The number of guanidine groups is 1. The molecule has 0 bridgehead atoms. The summed E-state index contributed by atoms with van der Waals surface area (Å²) in [5, 5.41) is 27.8. The van der Waals surface area contributed by atoms with Crippen LogP contribution in [0.15, 0.2) is 45.8 Å². The Balaban J connectivity index is 0.00000364. The lowest BCUT2D eigenvalue weighted by Gasteiger charge is -2.22. The van der Waals surface area contributed by atoms with Crippen molar-refractivity contribution in [1.29, 1.82) is 0 Å². The Morgan fingerprint density at radius 1 is 1.30 bits per heavy atom. The number of furan rings is 1. The number of nitro groups is 1. The third-order valence-electron chi connectivity index (χ3n) is 3.81. The minimum absolute atomic E-state index is 0. The Kier molecular flexibility index (Phi) is 8.70. The van der Waals surface area contributed by atoms with Gasteiger partial charge in [0.2, 0.25) is 0 Å². The Labute approximate surface area is 175 Å². The van der Waals surface area contributed by atoms with Crippen LogP contribution < -0.4 is 10.6 Å². The van der Waals surface area contributed by atoms with E-state index in [1.807, 2.05) is 13.8 Å². The van der Waals surface area contributed by atoms with Gasteiger partial charge in [0.1, 0.15) is 17.1 Å². The number of aryl methyl sites for hydroxylation is 1. The molecule has 1 aromatic heterocycles. The number of nitrogens with zero attached hydrogens (tertiary/aromatic N) is 2. The first-order valence-corrected chi connectivity index (χ1v) is 8.37. The SMILES string of the molecule is CCNC(=NCc1ccccc1[N+](=O)[O-])NCC(C)(O)c1ccc(C)o1.I. The molecule has 0 aliphatic carbocycles. The van der Waals surface area contributed by atoms with E-state index in [1.165, 1.54) is 6.07 Å². The van der Waals surface area contributed by atoms with Crippen molar-refractivity contribution in [1.82, 2.24) is 10.6 Å². The predicted octanol–water partition coefficient (Wildman–Crippen LogP) is 3.08. The smallest absolute Gasteiger partial charge is 0.274 e. The van der Waals surface area contributed by atoms with Gasteiger partial charge in [-0.15, -0.1) is 24.0 Å². The van der Waals surface area contributed by atoms with Crippen LogP contribution in [0, 0.1) is 17.0 Å². The van der Waals surface area contributed by atoms with Crippen molar-refractivity contribution < 1.29 is 14.4 Å². The van der Waals surface area contributed by atoms with Crippen molar-refractivity contribution in [3.05, 3.63) is 63.6 Å². The van der Waals surface area contributed by atoms with Crippen molar-refractivity contribution in [3.8, 4) is 0 Å². The highest BCUT2D eigenvalue weighted by Gasteiger charge is 2.27. The van der Waals surface area contributed by atoms with Gasteiger partial charge in [0.05, 0.1) is 23.6 Å². The first-order valence-electron chi connectivity index (χ1n) is 8.37. The number of rotatable bonds is 7. The fourth-order valence-electron chi connectivity index (χ4n) is 2.40. The van der Waals surface area contributed by atoms with Crippen molar-refractivity contribution in [2.45, 2.75) is 32.9 Å². The lowest BCUT2D eigenvalue weighted by Crippen LogP contribution is -2.44. The van der Waals surface area contributed by atoms with Gasteiger partial charge < -0.3 is 20.2 Å². The summed E-state index contributed by atoms with van der Waals surface area (Å²) in [6.07, 6.45) is 0. The molecular formula is C18H25IN4O4. The van der Waals surface area contributed by atoms with Gasteiger partial charge in [-0.3, -0.25) is 10.1 Å². The standard InChI is InChI=1S/C18H24N4O4.HI/c1-4-19-17(20-11-14-7-5-6-8-15(14)22(24)25)21-12-18(3,23)16-10-9-13(2)26-16;/h5-10,23H,4,11-12H2,1-3H3,(H2,19,20,21);1H. The van der Waals surface area contributed by atoms with E-state index < -0.39 is 10.5 Å². The molecule has 0 saturated carbocycles. The van der Waals surface area contributed by atoms with Crippen LogP contribution in [-0.4, -0.2) is 29.1 Å². The number of nitro benzene ring substituents is 1. The summed E-state index contributed by atoms with van der Waals surface area (Å²) in [7, 11) is 0. The molecule has 9 heteroatoms. The Bertz CT molecular complexity index is 789. The molecule has 0 aliphatic heterocycles. The Morgan fingerprint density at radius 3 is 2.59 bits per heavy atom. The molecule has 0 spiro atoms. The van der Waals surface area contributed by atoms with Gasteiger partial charge in [-0.1, -0.05) is 18.2 Å². The normalized spacial score (nSPS) is 13.4. The van der Waals surface area contributed by atoms with Crippen molar-refractivity contribution in [2.24, 2.45) is 4.99 Å². The van der Waals surface area contributed by atoms with Crippen LogP contribution in [0.2, 0.25) is 0 Å². The third-order valence-corrected chi connectivity index (χ3v) is 3.81. The molecule has 0 radical (unpaired) electrons. The molecule has 1 aromatic carbocycles. The van der Waals surface area contributed by atoms with E-state index in [2.05, 4.69) is 15.6 Å². The van der Waals surface area contributed by atoms with Crippen molar-refractivity contribution >= 4 is 35.6 Å². The summed E-state index contributed by atoms with van der Waals surface area (Å²) in [5.74, 6) is 1.63. The van der Waals surface area contributed by atoms with Crippen LogP contribution in [0.4, 0.5) is 5.69 Å². The molecule has 0 fully saturated rings. The molecule has 8 nitrogen and oxygen atoms in total. The van der Waals surface area contributed by atoms with E-state index in [0.29, 0.717) is 23.8 Å². The fourth-order valence-corrected chi connectivity index (χ4v) is 2.40. The maximum Gasteiger partial charge on any atom is 0.274 e. The summed E-state index contributed by atoms with van der Waals surface area (Å²) >= 11 is 0. The van der Waals surface area contributed by atoms with Crippen LogP contribution in [0.3, 0.4) is 0 Å². The van der Waals surface area contributed by atoms with Crippen LogP contribution in [0.1, 0.15) is 30.9 Å². The number of aliphatic hydroxyl groups is 1. The summed E-state index contributed by atoms with van der Waals surface area (Å²) in [4.78, 5) is 15.0. The van der Waals surface area contributed by atoms with Gasteiger partial charge in [-0.2, -0.15) is 0 Å². The van der Waals surface area contributed by atoms with Crippen LogP contribution in [0.25, 0.3) is 0 Å². The molecule has 1 atom stereocenters. The number of hydrogen-bond donors (Lipinski definition) is 3. The van der Waals surface area contributed by atoms with E-state index in [0.717, 1.165) is 5.76 Å². The van der Waals surface area contributed by atoms with Gasteiger partial charge in [0.25, 0.3) is 5.69 Å². The number of benzene rings is 1. The van der Waals surface area contributed by atoms with Crippen LogP contribution in [-0.2, 0) is 12.1 Å². The lowest BCUT2D eigenvalue weighted by atomic mass is 10.0. The van der Waals surface area contributed by atoms with E-state index >= 15 is 0 Å². The maximum atomic E-state index is 11.1. The van der Waals surface area contributed by atoms with E-state index in [-0.39, 0.29) is 42.8 Å². The molecule has 0 saturated heterocycles. The molecule has 0 aliphatic rings. The highest BCUT2D eigenvalue weighted by molar-refractivity contribution is 14.0. The average molecular weight is 488 g/mol. The second-order valence-corrected chi connectivity index (χ2v) is 6.12. The monoisotopic (exact) mass is 488 g/mol.